The molecule has 1 heterocycles. The Kier molecular flexibility index (Phi) is 3.65. The van der Waals surface area contributed by atoms with E-state index in [1.165, 1.54) is 7.11 Å². The Morgan fingerprint density at radius 1 is 1.25 bits per heavy atom. The molecule has 0 radical (unpaired) electrons. The predicted molar refractivity (Wildman–Crippen MR) is 73.1 cm³/mol. The van der Waals surface area contributed by atoms with Crippen molar-refractivity contribution in [2.24, 2.45) is 0 Å². The molecule has 0 saturated heterocycles. The van der Waals surface area contributed by atoms with Gasteiger partial charge in [-0.1, -0.05) is 0 Å². The van der Waals surface area contributed by atoms with E-state index >= 15 is 0 Å². The third-order valence-electron chi connectivity index (χ3n) is 3.05. The SMILES string of the molecule is COc1ccc(-n2c(C)nc(C)c2C(=O)O)c(OC)c1. The number of hydrogen-bond donors (Lipinski definition) is 1. The van der Waals surface area contributed by atoms with Gasteiger partial charge in [-0.15, -0.1) is 0 Å². The Balaban J connectivity index is 2.71. The van der Waals surface area contributed by atoms with Crippen LogP contribution in [0, 0.1) is 13.8 Å². The molecule has 1 N–H and O–H groups in total. The fourth-order valence-electron chi connectivity index (χ4n) is 2.18. The van der Waals surface area contributed by atoms with E-state index in [1.54, 1.807) is 43.7 Å². The van der Waals surface area contributed by atoms with E-state index < -0.39 is 5.97 Å². The molecule has 20 heavy (non-hydrogen) atoms. The molecule has 0 spiro atoms. The molecule has 0 saturated carbocycles. The minimum Gasteiger partial charge on any atom is -0.497 e. The molecule has 106 valence electrons. The minimum absolute atomic E-state index is 0.131. The van der Waals surface area contributed by atoms with Gasteiger partial charge in [-0.3, -0.25) is 4.57 Å². The highest BCUT2D eigenvalue weighted by Gasteiger charge is 2.21. The first-order valence-corrected chi connectivity index (χ1v) is 6.01. The lowest BCUT2D eigenvalue weighted by Gasteiger charge is -2.14. The van der Waals surface area contributed by atoms with Gasteiger partial charge in [-0.25, -0.2) is 9.78 Å². The molecule has 2 aromatic rings. The van der Waals surface area contributed by atoms with E-state index in [9.17, 15) is 9.90 Å². The van der Waals surface area contributed by atoms with Gasteiger partial charge in [0.25, 0.3) is 0 Å². The molecule has 0 aliphatic rings. The van der Waals surface area contributed by atoms with Gasteiger partial charge in [0.2, 0.25) is 0 Å². The van der Waals surface area contributed by atoms with Crippen LogP contribution in [0.15, 0.2) is 18.2 Å². The number of carbonyl (C=O) groups is 1. The van der Waals surface area contributed by atoms with Gasteiger partial charge < -0.3 is 14.6 Å². The molecule has 0 aliphatic carbocycles. The number of aromatic nitrogens is 2. The Morgan fingerprint density at radius 3 is 2.50 bits per heavy atom. The monoisotopic (exact) mass is 276 g/mol. The number of benzene rings is 1. The summed E-state index contributed by atoms with van der Waals surface area (Å²) in [6.07, 6.45) is 0. The summed E-state index contributed by atoms with van der Waals surface area (Å²) in [5.41, 5.74) is 1.21. The van der Waals surface area contributed by atoms with Crippen molar-refractivity contribution in [3.63, 3.8) is 0 Å². The van der Waals surface area contributed by atoms with Crippen molar-refractivity contribution < 1.29 is 19.4 Å². The van der Waals surface area contributed by atoms with E-state index in [1.807, 2.05) is 0 Å². The number of methoxy groups -OCH3 is 2. The van der Waals surface area contributed by atoms with Crippen molar-refractivity contribution in [2.75, 3.05) is 14.2 Å². The number of imidazole rings is 1. The first-order valence-electron chi connectivity index (χ1n) is 6.01. The lowest BCUT2D eigenvalue weighted by atomic mass is 10.2. The molecule has 0 aliphatic heterocycles. The molecule has 1 aromatic heterocycles. The Bertz CT molecular complexity index is 661. The summed E-state index contributed by atoms with van der Waals surface area (Å²) in [6.45, 7) is 3.42. The maximum atomic E-state index is 11.4. The molecule has 1 aromatic carbocycles. The third kappa shape index (κ3) is 2.20. The molecule has 0 amide bonds. The normalized spacial score (nSPS) is 10.4. The van der Waals surface area contributed by atoms with Gasteiger partial charge in [0, 0.05) is 6.07 Å². The third-order valence-corrected chi connectivity index (χ3v) is 3.05. The van der Waals surface area contributed by atoms with Crippen molar-refractivity contribution in [3.05, 3.63) is 35.4 Å². The van der Waals surface area contributed by atoms with Crippen LogP contribution in [0.5, 0.6) is 11.5 Å². The highest BCUT2D eigenvalue weighted by molar-refractivity contribution is 5.88. The zero-order valence-electron chi connectivity index (χ0n) is 11.8. The van der Waals surface area contributed by atoms with E-state index in [0.29, 0.717) is 28.7 Å². The Hall–Kier alpha value is -2.50. The maximum absolute atomic E-state index is 11.4. The van der Waals surface area contributed by atoms with E-state index in [-0.39, 0.29) is 5.69 Å². The van der Waals surface area contributed by atoms with Crippen LogP contribution < -0.4 is 9.47 Å². The van der Waals surface area contributed by atoms with Gasteiger partial charge >= 0.3 is 5.97 Å². The predicted octanol–water partition coefficient (Wildman–Crippen LogP) is 2.20. The Morgan fingerprint density at radius 2 is 1.95 bits per heavy atom. The van der Waals surface area contributed by atoms with Crippen LogP contribution in [-0.4, -0.2) is 34.8 Å². The first kappa shape index (κ1) is 13.9. The van der Waals surface area contributed by atoms with Crippen LogP contribution in [0.25, 0.3) is 5.69 Å². The fraction of sp³-hybridized carbons (Fsp3) is 0.286. The molecular formula is C14H16N2O4. The van der Waals surface area contributed by atoms with Gasteiger partial charge in [0.1, 0.15) is 17.3 Å². The highest BCUT2D eigenvalue weighted by Crippen LogP contribution is 2.30. The smallest absolute Gasteiger partial charge is 0.354 e. The summed E-state index contributed by atoms with van der Waals surface area (Å²) in [7, 11) is 3.08. The van der Waals surface area contributed by atoms with Crippen LogP contribution in [0.4, 0.5) is 0 Å². The fourth-order valence-corrected chi connectivity index (χ4v) is 2.18. The van der Waals surface area contributed by atoms with E-state index in [4.69, 9.17) is 9.47 Å². The number of carboxylic acids is 1. The maximum Gasteiger partial charge on any atom is 0.354 e. The number of nitrogens with zero attached hydrogens (tertiary/aromatic N) is 2. The summed E-state index contributed by atoms with van der Waals surface area (Å²) < 4.78 is 12.0. The van der Waals surface area contributed by atoms with Gasteiger partial charge in [-0.05, 0) is 26.0 Å². The van der Waals surface area contributed by atoms with Crippen LogP contribution in [0.3, 0.4) is 0 Å². The Labute approximate surface area is 116 Å². The summed E-state index contributed by atoms with van der Waals surface area (Å²) in [5, 5.41) is 9.36. The van der Waals surface area contributed by atoms with Crippen molar-refractivity contribution in [1.29, 1.82) is 0 Å². The van der Waals surface area contributed by atoms with Crippen LogP contribution in [0.1, 0.15) is 22.0 Å². The van der Waals surface area contributed by atoms with Crippen LogP contribution in [0.2, 0.25) is 0 Å². The number of aromatic carboxylic acids is 1. The zero-order valence-corrected chi connectivity index (χ0v) is 11.8. The van der Waals surface area contributed by atoms with Crippen LogP contribution in [-0.2, 0) is 0 Å². The number of carboxylic acid groups (broad SMARTS) is 1. The number of ether oxygens (including phenoxy) is 2. The second-order valence-electron chi connectivity index (χ2n) is 4.27. The molecule has 6 heteroatoms. The van der Waals surface area contributed by atoms with Crippen LogP contribution >= 0.6 is 0 Å². The highest BCUT2D eigenvalue weighted by atomic mass is 16.5. The van der Waals surface area contributed by atoms with E-state index in [0.717, 1.165) is 0 Å². The van der Waals surface area contributed by atoms with Gasteiger partial charge in [-0.2, -0.15) is 0 Å². The molecule has 6 nitrogen and oxygen atoms in total. The van der Waals surface area contributed by atoms with Crippen molar-refractivity contribution >= 4 is 5.97 Å². The number of hydrogen-bond acceptors (Lipinski definition) is 4. The molecule has 0 unspecified atom stereocenters. The first-order chi connectivity index (χ1) is 9.49. The second kappa shape index (κ2) is 5.24. The second-order valence-corrected chi connectivity index (χ2v) is 4.27. The minimum atomic E-state index is -1.03. The zero-order chi connectivity index (χ0) is 14.9. The largest absolute Gasteiger partial charge is 0.497 e. The summed E-state index contributed by atoms with van der Waals surface area (Å²) in [6, 6.07) is 5.20. The molecule has 0 fully saturated rings. The van der Waals surface area contributed by atoms with E-state index in [2.05, 4.69) is 4.98 Å². The average molecular weight is 276 g/mol. The quantitative estimate of drug-likeness (QED) is 0.926. The molecule has 2 rings (SSSR count). The summed E-state index contributed by atoms with van der Waals surface area (Å²) >= 11 is 0. The molecule has 0 atom stereocenters. The van der Waals surface area contributed by atoms with Crippen molar-refractivity contribution in [2.45, 2.75) is 13.8 Å². The molecule has 0 bridgehead atoms. The summed E-state index contributed by atoms with van der Waals surface area (Å²) in [5.74, 6) is 0.716. The average Bonchev–Trinajstić information content (AvgIpc) is 2.72. The topological polar surface area (TPSA) is 73.6 Å². The lowest BCUT2D eigenvalue weighted by molar-refractivity contribution is 0.0687. The standard InChI is InChI=1S/C14H16N2O4/c1-8-13(14(17)18)16(9(2)15-8)11-6-5-10(19-3)7-12(11)20-4/h5-7H,1-4H3,(H,17,18). The van der Waals surface area contributed by atoms with Gasteiger partial charge in [0.05, 0.1) is 25.6 Å². The van der Waals surface area contributed by atoms with Crippen molar-refractivity contribution in [1.82, 2.24) is 9.55 Å². The lowest BCUT2D eigenvalue weighted by Crippen LogP contribution is -2.10. The van der Waals surface area contributed by atoms with Gasteiger partial charge in [0.15, 0.2) is 5.69 Å². The number of aryl methyl sites for hydroxylation is 2. The molecular weight excluding hydrogens is 260 g/mol. The summed E-state index contributed by atoms with van der Waals surface area (Å²) in [4.78, 5) is 15.6. The van der Waals surface area contributed by atoms with Crippen molar-refractivity contribution in [3.8, 4) is 17.2 Å². The number of rotatable bonds is 4.